The lowest BCUT2D eigenvalue weighted by atomic mass is 10.1. The Morgan fingerprint density at radius 1 is 1.36 bits per heavy atom. The normalized spacial score (nSPS) is 13.0. The van der Waals surface area contributed by atoms with Crippen molar-refractivity contribution in [1.29, 1.82) is 0 Å². The van der Waals surface area contributed by atoms with E-state index in [9.17, 15) is 0 Å². The third kappa shape index (κ3) is 1.79. The Morgan fingerprint density at radius 2 is 2.00 bits per heavy atom. The number of aryl methyl sites for hydroxylation is 1. The van der Waals surface area contributed by atoms with Crippen LogP contribution in [0.15, 0.2) is 24.3 Å². The third-order valence-corrected chi connectivity index (χ3v) is 1.78. The molecule has 0 aromatic heterocycles. The second-order valence-corrected chi connectivity index (χ2v) is 2.60. The first-order chi connectivity index (χ1) is 5.25. The van der Waals surface area contributed by atoms with E-state index in [-0.39, 0.29) is 6.10 Å². The van der Waals surface area contributed by atoms with Crippen LogP contribution < -0.4 is 0 Å². The molecule has 0 fully saturated rings. The van der Waals surface area contributed by atoms with Crippen molar-refractivity contribution in [3.63, 3.8) is 0 Å². The molecule has 1 aromatic carbocycles. The van der Waals surface area contributed by atoms with Gasteiger partial charge >= 0.3 is 0 Å². The molecule has 2 nitrogen and oxygen atoms in total. The zero-order valence-electron chi connectivity index (χ0n) is 6.74. The lowest BCUT2D eigenvalue weighted by molar-refractivity contribution is -0.277. The minimum atomic E-state index is -0.240. The van der Waals surface area contributed by atoms with Gasteiger partial charge in [0.15, 0.2) is 0 Å². The van der Waals surface area contributed by atoms with Crippen LogP contribution in [-0.2, 0) is 4.89 Å². The lowest BCUT2D eigenvalue weighted by Crippen LogP contribution is -1.97. The summed E-state index contributed by atoms with van der Waals surface area (Å²) in [4.78, 5) is 4.22. The highest BCUT2D eigenvalue weighted by molar-refractivity contribution is 5.27. The zero-order chi connectivity index (χ0) is 8.27. The van der Waals surface area contributed by atoms with Crippen LogP contribution >= 0.6 is 0 Å². The topological polar surface area (TPSA) is 29.5 Å². The molecular formula is C9H12O2. The average Bonchev–Trinajstić information content (AvgIpc) is 2.04. The van der Waals surface area contributed by atoms with E-state index in [1.54, 1.807) is 0 Å². The first-order valence-corrected chi connectivity index (χ1v) is 3.61. The second kappa shape index (κ2) is 3.51. The predicted octanol–water partition coefficient (Wildman–Crippen LogP) is 2.55. The van der Waals surface area contributed by atoms with Crippen LogP contribution in [0.25, 0.3) is 0 Å². The van der Waals surface area contributed by atoms with E-state index in [1.807, 2.05) is 38.1 Å². The number of rotatable bonds is 2. The van der Waals surface area contributed by atoms with Gasteiger partial charge in [0.1, 0.15) is 6.10 Å². The fraction of sp³-hybridized carbons (Fsp3) is 0.333. The van der Waals surface area contributed by atoms with Gasteiger partial charge in [0.05, 0.1) is 0 Å². The minimum absolute atomic E-state index is 0.240. The summed E-state index contributed by atoms with van der Waals surface area (Å²) in [6.45, 7) is 3.80. The molecular weight excluding hydrogens is 140 g/mol. The van der Waals surface area contributed by atoms with Crippen LogP contribution in [0.1, 0.15) is 24.2 Å². The van der Waals surface area contributed by atoms with E-state index in [2.05, 4.69) is 4.89 Å². The van der Waals surface area contributed by atoms with Crippen molar-refractivity contribution in [2.45, 2.75) is 20.0 Å². The van der Waals surface area contributed by atoms with E-state index in [4.69, 9.17) is 5.26 Å². The van der Waals surface area contributed by atoms with Crippen molar-refractivity contribution in [3.05, 3.63) is 35.4 Å². The highest BCUT2D eigenvalue weighted by Crippen LogP contribution is 2.18. The molecule has 1 atom stereocenters. The Bertz CT molecular complexity index is 233. The molecule has 0 heterocycles. The second-order valence-electron chi connectivity index (χ2n) is 2.60. The smallest absolute Gasteiger partial charge is 0.115 e. The fourth-order valence-corrected chi connectivity index (χ4v) is 1.10. The summed E-state index contributed by atoms with van der Waals surface area (Å²) < 4.78 is 0. The maximum atomic E-state index is 8.41. The molecule has 0 aliphatic rings. The highest BCUT2D eigenvalue weighted by atomic mass is 17.1. The summed E-state index contributed by atoms with van der Waals surface area (Å²) >= 11 is 0. The van der Waals surface area contributed by atoms with Gasteiger partial charge in [-0.05, 0) is 25.0 Å². The summed E-state index contributed by atoms with van der Waals surface area (Å²) in [7, 11) is 0. The molecule has 11 heavy (non-hydrogen) atoms. The molecule has 0 spiro atoms. The lowest BCUT2D eigenvalue weighted by Gasteiger charge is -2.09. The highest BCUT2D eigenvalue weighted by Gasteiger charge is 2.06. The molecule has 0 amide bonds. The van der Waals surface area contributed by atoms with E-state index < -0.39 is 0 Å². The van der Waals surface area contributed by atoms with Crippen LogP contribution in [0.2, 0.25) is 0 Å². The molecule has 2 heteroatoms. The maximum Gasteiger partial charge on any atom is 0.115 e. The Hall–Kier alpha value is -0.860. The monoisotopic (exact) mass is 152 g/mol. The Morgan fingerprint density at radius 3 is 2.55 bits per heavy atom. The third-order valence-electron chi connectivity index (χ3n) is 1.78. The number of hydrogen-bond donors (Lipinski definition) is 1. The predicted molar refractivity (Wildman–Crippen MR) is 43.3 cm³/mol. The van der Waals surface area contributed by atoms with Crippen LogP contribution in [0.3, 0.4) is 0 Å². The largest absolute Gasteiger partial charge is 0.251 e. The molecule has 1 rings (SSSR count). The van der Waals surface area contributed by atoms with Crippen molar-refractivity contribution in [2.24, 2.45) is 0 Å². The molecule has 0 saturated heterocycles. The van der Waals surface area contributed by atoms with Gasteiger partial charge in [-0.25, -0.2) is 4.89 Å². The van der Waals surface area contributed by atoms with Crippen molar-refractivity contribution >= 4 is 0 Å². The van der Waals surface area contributed by atoms with Crippen molar-refractivity contribution in [3.8, 4) is 0 Å². The summed E-state index contributed by atoms with van der Waals surface area (Å²) in [5.74, 6) is 0. The van der Waals surface area contributed by atoms with Gasteiger partial charge in [-0.2, -0.15) is 0 Å². The fourth-order valence-electron chi connectivity index (χ4n) is 1.10. The molecule has 0 bridgehead atoms. The van der Waals surface area contributed by atoms with Crippen LogP contribution in [0.4, 0.5) is 0 Å². The van der Waals surface area contributed by atoms with E-state index in [1.165, 1.54) is 0 Å². The average molecular weight is 152 g/mol. The van der Waals surface area contributed by atoms with Crippen molar-refractivity contribution < 1.29 is 10.1 Å². The Labute approximate surface area is 66.4 Å². The molecule has 0 saturated carbocycles. The van der Waals surface area contributed by atoms with Crippen LogP contribution in [0.5, 0.6) is 0 Å². The standard InChI is InChI=1S/C9H12O2/c1-7-5-3-4-6-9(7)8(2)11-10/h3-6,8,10H,1-2H3. The molecule has 1 unspecified atom stereocenters. The molecule has 1 N–H and O–H groups in total. The first-order valence-electron chi connectivity index (χ1n) is 3.61. The van der Waals surface area contributed by atoms with Gasteiger partial charge in [0, 0.05) is 0 Å². The van der Waals surface area contributed by atoms with Crippen molar-refractivity contribution in [1.82, 2.24) is 0 Å². The Balaban J connectivity index is 2.93. The molecule has 0 radical (unpaired) electrons. The van der Waals surface area contributed by atoms with E-state index in [0.29, 0.717) is 0 Å². The van der Waals surface area contributed by atoms with E-state index >= 15 is 0 Å². The quantitative estimate of drug-likeness (QED) is 0.521. The van der Waals surface area contributed by atoms with E-state index in [0.717, 1.165) is 11.1 Å². The molecule has 60 valence electrons. The summed E-state index contributed by atoms with van der Waals surface area (Å²) in [6, 6.07) is 7.82. The van der Waals surface area contributed by atoms with Gasteiger partial charge in [-0.15, -0.1) is 0 Å². The zero-order valence-corrected chi connectivity index (χ0v) is 6.74. The molecule has 1 aromatic rings. The van der Waals surface area contributed by atoms with Crippen LogP contribution in [-0.4, -0.2) is 5.26 Å². The number of benzene rings is 1. The van der Waals surface area contributed by atoms with Gasteiger partial charge in [0.2, 0.25) is 0 Å². The van der Waals surface area contributed by atoms with Gasteiger partial charge in [0.25, 0.3) is 0 Å². The van der Waals surface area contributed by atoms with Gasteiger partial charge in [-0.3, -0.25) is 5.26 Å². The summed E-state index contributed by atoms with van der Waals surface area (Å²) in [6.07, 6.45) is -0.240. The SMILES string of the molecule is Cc1ccccc1C(C)OO. The summed E-state index contributed by atoms with van der Waals surface area (Å²) in [5, 5.41) is 8.41. The van der Waals surface area contributed by atoms with Crippen molar-refractivity contribution in [2.75, 3.05) is 0 Å². The first kappa shape index (κ1) is 8.24. The maximum absolute atomic E-state index is 8.41. The van der Waals surface area contributed by atoms with Crippen LogP contribution in [0, 0.1) is 6.92 Å². The minimum Gasteiger partial charge on any atom is -0.251 e. The van der Waals surface area contributed by atoms with Gasteiger partial charge in [-0.1, -0.05) is 24.3 Å². The number of hydrogen-bond acceptors (Lipinski definition) is 2. The molecule has 0 aliphatic carbocycles. The Kier molecular flexibility index (Phi) is 2.63. The summed E-state index contributed by atoms with van der Waals surface area (Å²) in [5.41, 5.74) is 2.16. The molecule has 0 aliphatic heterocycles. The van der Waals surface area contributed by atoms with Gasteiger partial charge < -0.3 is 0 Å².